The van der Waals surface area contributed by atoms with E-state index in [0.717, 1.165) is 0 Å². The van der Waals surface area contributed by atoms with E-state index in [1.54, 1.807) is 36.4 Å². The van der Waals surface area contributed by atoms with Gasteiger partial charge in [-0.1, -0.05) is 23.7 Å². The van der Waals surface area contributed by atoms with Gasteiger partial charge in [0.2, 0.25) is 5.43 Å². The molecule has 0 atom stereocenters. The van der Waals surface area contributed by atoms with Gasteiger partial charge in [-0.2, -0.15) is 5.26 Å². The summed E-state index contributed by atoms with van der Waals surface area (Å²) in [7, 11) is 0. The van der Waals surface area contributed by atoms with E-state index in [9.17, 15) is 4.79 Å². The lowest BCUT2D eigenvalue weighted by Gasteiger charge is -2.04. The van der Waals surface area contributed by atoms with Crippen molar-refractivity contribution < 1.29 is 4.42 Å². The van der Waals surface area contributed by atoms with Gasteiger partial charge in [-0.3, -0.25) is 4.79 Å². The molecular formula is C15H8ClNO2. The maximum absolute atomic E-state index is 12.4. The Bertz CT molecular complexity index is 890. The smallest absolute Gasteiger partial charge is 0.200 e. The zero-order chi connectivity index (χ0) is 13.4. The van der Waals surface area contributed by atoms with E-state index in [4.69, 9.17) is 21.3 Å². The Hall–Kier alpha value is -2.31. The molecule has 92 valence electrons. The Kier molecular flexibility index (Phi) is 2.73. The lowest BCUT2D eigenvalue weighted by Crippen LogP contribution is -2.03. The van der Waals surface area contributed by atoms with Crippen LogP contribution >= 0.6 is 11.6 Å². The van der Waals surface area contributed by atoms with E-state index in [1.807, 2.05) is 0 Å². The number of nitrogens with zero attached hydrogens (tertiary/aromatic N) is 1. The molecule has 19 heavy (non-hydrogen) atoms. The first kappa shape index (κ1) is 11.8. The third-order valence-corrected chi connectivity index (χ3v) is 3.24. The molecule has 0 saturated heterocycles. The maximum atomic E-state index is 12.4. The summed E-state index contributed by atoms with van der Waals surface area (Å²) in [5.41, 5.74) is 1.55. The third-order valence-electron chi connectivity index (χ3n) is 3.01. The lowest BCUT2D eigenvalue weighted by atomic mass is 10.1. The topological polar surface area (TPSA) is 54.0 Å². The molecule has 0 saturated carbocycles. The summed E-state index contributed by atoms with van der Waals surface area (Å²) < 4.78 is 5.76. The number of nitriles is 1. The first-order valence-corrected chi connectivity index (χ1v) is 6.09. The molecule has 0 bridgehead atoms. The highest BCUT2D eigenvalue weighted by molar-refractivity contribution is 6.31. The third kappa shape index (κ3) is 1.87. The van der Waals surface area contributed by atoms with E-state index in [2.05, 4.69) is 6.07 Å². The Morgan fingerprint density at radius 2 is 2.05 bits per heavy atom. The summed E-state index contributed by atoms with van der Waals surface area (Å²) in [6.07, 6.45) is 0.208. The van der Waals surface area contributed by atoms with Crippen molar-refractivity contribution in [1.29, 1.82) is 5.26 Å². The molecule has 0 aliphatic rings. The van der Waals surface area contributed by atoms with Crippen molar-refractivity contribution in [3.63, 3.8) is 0 Å². The zero-order valence-electron chi connectivity index (χ0n) is 9.81. The van der Waals surface area contributed by atoms with Crippen molar-refractivity contribution in [2.45, 2.75) is 6.42 Å². The first-order valence-electron chi connectivity index (χ1n) is 5.71. The van der Waals surface area contributed by atoms with Crippen LogP contribution < -0.4 is 5.43 Å². The van der Waals surface area contributed by atoms with Crippen molar-refractivity contribution in [1.82, 2.24) is 0 Å². The summed E-state index contributed by atoms with van der Waals surface area (Å²) in [6, 6.07) is 12.2. The van der Waals surface area contributed by atoms with Gasteiger partial charge in [0.25, 0.3) is 0 Å². The summed E-state index contributed by atoms with van der Waals surface area (Å²) in [5, 5.41) is 10.2. The Morgan fingerprint density at radius 1 is 1.21 bits per heavy atom. The van der Waals surface area contributed by atoms with Crippen LogP contribution in [0.5, 0.6) is 0 Å². The zero-order valence-corrected chi connectivity index (χ0v) is 10.6. The molecule has 3 aromatic rings. The second kappa shape index (κ2) is 4.42. The molecule has 4 heteroatoms. The molecular weight excluding hydrogens is 262 g/mol. The van der Waals surface area contributed by atoms with Crippen LogP contribution in [0.15, 0.2) is 45.6 Å². The van der Waals surface area contributed by atoms with Gasteiger partial charge in [0.05, 0.1) is 23.3 Å². The SMILES string of the molecule is N#CCc1cccc2c(=O)c3cc(Cl)ccc3oc12. The second-order valence-corrected chi connectivity index (χ2v) is 4.64. The number of hydrogen-bond acceptors (Lipinski definition) is 3. The fraction of sp³-hybridized carbons (Fsp3) is 0.0667. The normalized spacial score (nSPS) is 10.7. The second-order valence-electron chi connectivity index (χ2n) is 4.20. The minimum Gasteiger partial charge on any atom is -0.455 e. The standard InChI is InChI=1S/C15H8ClNO2/c16-10-4-5-13-12(8-10)14(18)11-3-1-2-9(6-7-17)15(11)19-13/h1-5,8H,6H2. The van der Waals surface area contributed by atoms with Gasteiger partial charge in [0, 0.05) is 10.6 Å². The van der Waals surface area contributed by atoms with Crippen LogP contribution in [0.1, 0.15) is 5.56 Å². The number of para-hydroxylation sites is 1. The maximum Gasteiger partial charge on any atom is 0.200 e. The van der Waals surface area contributed by atoms with Crippen LogP contribution in [-0.4, -0.2) is 0 Å². The number of fused-ring (bicyclic) bond motifs is 2. The average Bonchev–Trinajstić information content (AvgIpc) is 2.41. The fourth-order valence-corrected chi connectivity index (χ4v) is 2.30. The van der Waals surface area contributed by atoms with Crippen LogP contribution in [0.4, 0.5) is 0 Å². The summed E-state index contributed by atoms with van der Waals surface area (Å²) >= 11 is 5.90. The van der Waals surface area contributed by atoms with Crippen molar-refractivity contribution in [3.05, 3.63) is 57.2 Å². The molecule has 0 spiro atoms. The molecule has 0 fully saturated rings. The average molecular weight is 270 g/mol. The van der Waals surface area contributed by atoms with Crippen LogP contribution in [0.3, 0.4) is 0 Å². The van der Waals surface area contributed by atoms with Crippen molar-refractivity contribution in [3.8, 4) is 6.07 Å². The molecule has 3 rings (SSSR count). The van der Waals surface area contributed by atoms with Gasteiger partial charge in [0.15, 0.2) is 0 Å². The molecule has 0 aliphatic heterocycles. The minimum absolute atomic E-state index is 0.126. The first-order chi connectivity index (χ1) is 9.20. The van der Waals surface area contributed by atoms with E-state index in [-0.39, 0.29) is 11.8 Å². The van der Waals surface area contributed by atoms with Gasteiger partial charge in [-0.25, -0.2) is 0 Å². The van der Waals surface area contributed by atoms with Crippen LogP contribution in [0.25, 0.3) is 21.9 Å². The Labute approximate surface area is 113 Å². The van der Waals surface area contributed by atoms with Crippen LogP contribution in [0.2, 0.25) is 5.02 Å². The minimum atomic E-state index is -0.126. The number of halogens is 1. The van der Waals surface area contributed by atoms with Gasteiger partial charge in [-0.05, 0) is 24.3 Å². The highest BCUT2D eigenvalue weighted by atomic mass is 35.5. The lowest BCUT2D eigenvalue weighted by molar-refractivity contribution is 0.655. The fourth-order valence-electron chi connectivity index (χ4n) is 2.13. The predicted octanol–water partition coefficient (Wildman–Crippen LogP) is 3.67. The largest absolute Gasteiger partial charge is 0.455 e. The van der Waals surface area contributed by atoms with Gasteiger partial charge >= 0.3 is 0 Å². The van der Waals surface area contributed by atoms with Crippen LogP contribution in [0, 0.1) is 11.3 Å². The van der Waals surface area contributed by atoms with Crippen molar-refractivity contribution in [2.24, 2.45) is 0 Å². The monoisotopic (exact) mass is 269 g/mol. The predicted molar refractivity (Wildman–Crippen MR) is 74.3 cm³/mol. The van der Waals surface area contributed by atoms with Crippen molar-refractivity contribution in [2.75, 3.05) is 0 Å². The van der Waals surface area contributed by atoms with Crippen molar-refractivity contribution >= 4 is 33.5 Å². The highest BCUT2D eigenvalue weighted by Crippen LogP contribution is 2.24. The molecule has 1 heterocycles. The molecule has 1 aromatic heterocycles. The van der Waals surface area contributed by atoms with Gasteiger partial charge < -0.3 is 4.42 Å². The van der Waals surface area contributed by atoms with E-state index < -0.39 is 0 Å². The molecule has 2 aromatic carbocycles. The highest BCUT2D eigenvalue weighted by Gasteiger charge is 2.10. The molecule has 0 N–H and O–H groups in total. The Balaban J connectivity index is 2.50. The molecule has 0 unspecified atom stereocenters. The molecule has 0 radical (unpaired) electrons. The quantitative estimate of drug-likeness (QED) is 0.634. The van der Waals surface area contributed by atoms with Gasteiger partial charge in [-0.15, -0.1) is 0 Å². The summed E-state index contributed by atoms with van der Waals surface area (Å²) in [5.74, 6) is 0. The van der Waals surface area contributed by atoms with Crippen LogP contribution in [-0.2, 0) is 6.42 Å². The van der Waals surface area contributed by atoms with Gasteiger partial charge in [0.1, 0.15) is 11.2 Å². The van der Waals surface area contributed by atoms with E-state index >= 15 is 0 Å². The number of rotatable bonds is 1. The summed E-state index contributed by atoms with van der Waals surface area (Å²) in [4.78, 5) is 12.4. The molecule has 0 aliphatic carbocycles. The molecule has 3 nitrogen and oxygen atoms in total. The van der Waals surface area contributed by atoms with E-state index in [1.165, 1.54) is 0 Å². The molecule has 0 amide bonds. The number of benzene rings is 2. The number of hydrogen-bond donors (Lipinski definition) is 0. The van der Waals surface area contributed by atoms with E-state index in [0.29, 0.717) is 32.5 Å². The summed E-state index contributed by atoms with van der Waals surface area (Å²) in [6.45, 7) is 0. The Morgan fingerprint density at radius 3 is 2.84 bits per heavy atom.